The largest absolute Gasteiger partial charge is 0.379 e. The monoisotopic (exact) mass is 463 g/mol. The molecule has 1 aliphatic rings. The predicted octanol–water partition coefficient (Wildman–Crippen LogP) is 2.52. The number of benzene rings is 2. The van der Waals surface area contributed by atoms with E-state index in [1.807, 2.05) is 24.3 Å². The Morgan fingerprint density at radius 2 is 1.69 bits per heavy atom. The Kier molecular flexibility index (Phi) is 8.22. The van der Waals surface area contributed by atoms with Gasteiger partial charge in [-0.2, -0.15) is 0 Å². The van der Waals surface area contributed by atoms with Gasteiger partial charge in [0.25, 0.3) is 0 Å². The number of morpholine rings is 1. The van der Waals surface area contributed by atoms with E-state index >= 15 is 0 Å². The smallest absolute Gasteiger partial charge is 0.244 e. The second-order valence-electron chi connectivity index (χ2n) is 7.88. The number of nitrogens with zero attached hydrogens (tertiary/aromatic N) is 2. The Hall–Kier alpha value is -2.49. The molecule has 1 fully saturated rings. The van der Waals surface area contributed by atoms with E-state index < -0.39 is 27.8 Å². The van der Waals surface area contributed by atoms with Crippen LogP contribution in [-0.2, 0) is 32.6 Å². The normalized spacial score (nSPS) is 15.8. The van der Waals surface area contributed by atoms with E-state index in [4.69, 9.17) is 4.74 Å². The van der Waals surface area contributed by atoms with E-state index in [-0.39, 0.29) is 18.7 Å². The molecule has 1 atom stereocenters. The molecule has 1 aliphatic heterocycles. The van der Waals surface area contributed by atoms with Gasteiger partial charge in [0.1, 0.15) is 11.9 Å². The van der Waals surface area contributed by atoms with Crippen LogP contribution in [0.4, 0.5) is 10.1 Å². The standard InChI is InChI=1S/C23H30FN3O4S/c1-3-22(27(32(2,29)30)21-10-8-20(24)9-11-21)23(28)25-16-18-4-6-19(7-5-18)17-26-12-14-31-15-13-26/h4-11,22H,3,12-17H2,1-2H3,(H,25,28)/t22-/m0/s1. The SMILES string of the molecule is CC[C@@H](C(=O)NCc1ccc(CN2CCOCC2)cc1)N(c1ccc(F)cc1)S(C)(=O)=O. The van der Waals surface area contributed by atoms with Gasteiger partial charge < -0.3 is 10.1 Å². The van der Waals surface area contributed by atoms with E-state index in [2.05, 4.69) is 10.2 Å². The van der Waals surface area contributed by atoms with Crippen LogP contribution in [0.3, 0.4) is 0 Å². The molecular formula is C23H30FN3O4S. The molecule has 3 rings (SSSR count). The van der Waals surface area contributed by atoms with Gasteiger partial charge in [0.05, 0.1) is 25.2 Å². The molecule has 1 heterocycles. The topological polar surface area (TPSA) is 79.0 Å². The lowest BCUT2D eigenvalue weighted by molar-refractivity contribution is -0.122. The van der Waals surface area contributed by atoms with E-state index in [9.17, 15) is 17.6 Å². The minimum atomic E-state index is -3.75. The number of hydrogen-bond acceptors (Lipinski definition) is 5. The first-order valence-corrected chi connectivity index (χ1v) is 12.5. The number of carbonyl (C=O) groups is 1. The Balaban J connectivity index is 1.64. The van der Waals surface area contributed by atoms with Crippen LogP contribution in [0.25, 0.3) is 0 Å². The average molecular weight is 464 g/mol. The van der Waals surface area contributed by atoms with Gasteiger partial charge in [-0.15, -0.1) is 0 Å². The summed E-state index contributed by atoms with van der Waals surface area (Å²) in [5, 5.41) is 2.84. The van der Waals surface area contributed by atoms with Crippen molar-refractivity contribution < 1.29 is 22.3 Å². The van der Waals surface area contributed by atoms with Crippen molar-refractivity contribution in [3.05, 3.63) is 65.5 Å². The predicted molar refractivity (Wildman–Crippen MR) is 122 cm³/mol. The first kappa shape index (κ1) is 24.2. The van der Waals surface area contributed by atoms with Gasteiger partial charge in [0.2, 0.25) is 15.9 Å². The first-order chi connectivity index (χ1) is 15.3. The molecule has 0 radical (unpaired) electrons. The van der Waals surface area contributed by atoms with Crippen molar-refractivity contribution in [2.24, 2.45) is 0 Å². The third-order valence-corrected chi connectivity index (χ3v) is 6.59. The number of ether oxygens (including phenoxy) is 1. The van der Waals surface area contributed by atoms with Gasteiger partial charge in [-0.25, -0.2) is 12.8 Å². The van der Waals surface area contributed by atoms with Crippen LogP contribution in [0.2, 0.25) is 0 Å². The van der Waals surface area contributed by atoms with Crippen LogP contribution in [0, 0.1) is 5.82 Å². The summed E-state index contributed by atoms with van der Waals surface area (Å²) < 4.78 is 44.6. The number of nitrogens with one attached hydrogen (secondary N) is 1. The highest BCUT2D eigenvalue weighted by molar-refractivity contribution is 7.92. The molecule has 2 aromatic carbocycles. The molecule has 0 spiro atoms. The molecule has 32 heavy (non-hydrogen) atoms. The zero-order valence-electron chi connectivity index (χ0n) is 18.5. The summed E-state index contributed by atoms with van der Waals surface area (Å²) in [5.74, 6) is -0.878. The minimum absolute atomic E-state index is 0.253. The van der Waals surface area contributed by atoms with E-state index in [0.29, 0.717) is 0 Å². The molecular weight excluding hydrogens is 433 g/mol. The molecule has 2 aromatic rings. The van der Waals surface area contributed by atoms with Gasteiger partial charge in [-0.3, -0.25) is 14.0 Å². The second kappa shape index (κ2) is 10.9. The summed E-state index contributed by atoms with van der Waals surface area (Å²) in [4.78, 5) is 15.2. The molecule has 1 N–H and O–H groups in total. The molecule has 0 aliphatic carbocycles. The molecule has 1 saturated heterocycles. The van der Waals surface area contributed by atoms with E-state index in [1.165, 1.54) is 29.8 Å². The number of sulfonamides is 1. The quantitative estimate of drug-likeness (QED) is 0.618. The number of halogens is 1. The van der Waals surface area contributed by atoms with Gasteiger partial charge in [-0.1, -0.05) is 31.2 Å². The molecule has 7 nitrogen and oxygen atoms in total. The first-order valence-electron chi connectivity index (χ1n) is 10.7. The van der Waals surface area contributed by atoms with Crippen molar-refractivity contribution in [1.29, 1.82) is 0 Å². The Morgan fingerprint density at radius 1 is 1.09 bits per heavy atom. The maximum atomic E-state index is 13.3. The van der Waals surface area contributed by atoms with Crippen molar-refractivity contribution in [2.75, 3.05) is 36.9 Å². The third-order valence-electron chi connectivity index (χ3n) is 5.41. The molecule has 0 bridgehead atoms. The third kappa shape index (κ3) is 6.51. The lowest BCUT2D eigenvalue weighted by Crippen LogP contribution is -2.49. The zero-order chi connectivity index (χ0) is 23.1. The summed E-state index contributed by atoms with van der Waals surface area (Å²) >= 11 is 0. The fraction of sp³-hybridized carbons (Fsp3) is 0.435. The lowest BCUT2D eigenvalue weighted by atomic mass is 10.1. The highest BCUT2D eigenvalue weighted by atomic mass is 32.2. The Bertz CT molecular complexity index is 991. The zero-order valence-corrected chi connectivity index (χ0v) is 19.3. The van der Waals surface area contributed by atoms with Crippen molar-refractivity contribution in [1.82, 2.24) is 10.2 Å². The number of anilines is 1. The molecule has 174 valence electrons. The Morgan fingerprint density at radius 3 is 2.25 bits per heavy atom. The van der Waals surface area contributed by atoms with Gasteiger partial charge in [0, 0.05) is 26.2 Å². The molecule has 0 unspecified atom stereocenters. The van der Waals surface area contributed by atoms with Crippen LogP contribution in [0.5, 0.6) is 0 Å². The fourth-order valence-corrected chi connectivity index (χ4v) is 4.95. The summed E-state index contributed by atoms with van der Waals surface area (Å²) in [6.07, 6.45) is 1.31. The van der Waals surface area contributed by atoms with E-state index in [1.54, 1.807) is 6.92 Å². The maximum Gasteiger partial charge on any atom is 0.244 e. The Labute approximate surface area is 189 Å². The van der Waals surface area contributed by atoms with Gasteiger partial charge in [-0.05, 0) is 41.8 Å². The number of amides is 1. The van der Waals surface area contributed by atoms with Crippen molar-refractivity contribution in [3.63, 3.8) is 0 Å². The minimum Gasteiger partial charge on any atom is -0.379 e. The van der Waals surface area contributed by atoms with Crippen molar-refractivity contribution in [2.45, 2.75) is 32.5 Å². The van der Waals surface area contributed by atoms with Crippen LogP contribution in [0.1, 0.15) is 24.5 Å². The van der Waals surface area contributed by atoms with E-state index in [0.717, 1.165) is 49.0 Å². The number of rotatable bonds is 9. The summed E-state index contributed by atoms with van der Waals surface area (Å²) in [7, 11) is -3.75. The summed E-state index contributed by atoms with van der Waals surface area (Å²) in [5.41, 5.74) is 2.36. The summed E-state index contributed by atoms with van der Waals surface area (Å²) in [6.45, 7) is 6.23. The maximum absolute atomic E-state index is 13.3. The van der Waals surface area contributed by atoms with Crippen LogP contribution in [0.15, 0.2) is 48.5 Å². The average Bonchev–Trinajstić information content (AvgIpc) is 2.77. The lowest BCUT2D eigenvalue weighted by Gasteiger charge is -2.30. The van der Waals surface area contributed by atoms with Crippen LogP contribution in [-0.4, -0.2) is 57.8 Å². The highest BCUT2D eigenvalue weighted by Gasteiger charge is 2.31. The van der Waals surface area contributed by atoms with Crippen molar-refractivity contribution in [3.8, 4) is 0 Å². The highest BCUT2D eigenvalue weighted by Crippen LogP contribution is 2.23. The van der Waals surface area contributed by atoms with Gasteiger partial charge in [0.15, 0.2) is 0 Å². The number of carbonyl (C=O) groups excluding carboxylic acids is 1. The summed E-state index contributed by atoms with van der Waals surface area (Å²) in [6, 6.07) is 12.1. The molecule has 0 saturated carbocycles. The molecule has 0 aromatic heterocycles. The van der Waals surface area contributed by atoms with Gasteiger partial charge >= 0.3 is 0 Å². The fourth-order valence-electron chi connectivity index (χ4n) is 3.74. The molecule has 9 heteroatoms. The van der Waals surface area contributed by atoms with Crippen LogP contribution < -0.4 is 9.62 Å². The number of hydrogen-bond donors (Lipinski definition) is 1. The van der Waals surface area contributed by atoms with Crippen LogP contribution >= 0.6 is 0 Å². The molecule has 1 amide bonds. The second-order valence-corrected chi connectivity index (χ2v) is 9.74. The van der Waals surface area contributed by atoms with Crippen molar-refractivity contribution >= 4 is 21.6 Å².